The highest BCUT2D eigenvalue weighted by Gasteiger charge is 2.26. The van der Waals surface area contributed by atoms with Gasteiger partial charge in [0.25, 0.3) is 5.91 Å². The highest BCUT2D eigenvalue weighted by atomic mass is 79.9. The second-order valence-electron chi connectivity index (χ2n) is 6.25. The summed E-state index contributed by atoms with van der Waals surface area (Å²) in [5, 5.41) is 2.71. The summed E-state index contributed by atoms with van der Waals surface area (Å²) in [5.41, 5.74) is 0.393. The Hall–Kier alpha value is -1.94. The summed E-state index contributed by atoms with van der Waals surface area (Å²) in [6, 6.07) is 13.4. The van der Waals surface area contributed by atoms with Crippen LogP contribution in [0.25, 0.3) is 0 Å². The predicted octanol–water partition coefficient (Wildman–Crippen LogP) is 2.88. The second kappa shape index (κ2) is 9.04. The molecule has 0 aliphatic carbocycles. The Bertz CT molecular complexity index is 945. The van der Waals surface area contributed by atoms with Gasteiger partial charge < -0.3 is 14.8 Å². The van der Waals surface area contributed by atoms with Crippen LogP contribution in [0.2, 0.25) is 0 Å². The fourth-order valence-electron chi connectivity index (χ4n) is 2.71. The maximum Gasteiger partial charge on any atom is 0.265 e. The number of sulfonamides is 1. The van der Waals surface area contributed by atoms with Gasteiger partial charge in [-0.15, -0.1) is 0 Å². The molecule has 0 saturated carbocycles. The summed E-state index contributed by atoms with van der Waals surface area (Å²) in [7, 11) is -3.63. The maximum atomic E-state index is 12.8. The molecule has 1 aliphatic rings. The minimum absolute atomic E-state index is 0.132. The normalized spacial score (nSPS) is 16.4. The molecule has 9 heteroatoms. The molecule has 1 heterocycles. The van der Waals surface area contributed by atoms with Gasteiger partial charge in [0.15, 0.2) is 6.10 Å². The highest BCUT2D eigenvalue weighted by molar-refractivity contribution is 9.10. The number of hydrogen-bond donors (Lipinski definition) is 1. The van der Waals surface area contributed by atoms with Crippen LogP contribution in [0.5, 0.6) is 5.75 Å². The highest BCUT2D eigenvalue weighted by Crippen LogP contribution is 2.22. The standard InChI is InChI=1S/C19H21BrN2O5S/c1-14(27-17-6-2-4-15(20)12-17)19(23)21-16-5-3-7-18(13-16)28(24,25)22-8-10-26-11-9-22/h2-7,12-14H,8-11H2,1H3,(H,21,23)/t14-/m0/s1. The van der Waals surface area contributed by atoms with Crippen LogP contribution in [-0.4, -0.2) is 51.0 Å². The number of nitrogens with one attached hydrogen (secondary N) is 1. The Morgan fingerprint density at radius 3 is 2.61 bits per heavy atom. The van der Waals surface area contributed by atoms with Crippen molar-refractivity contribution in [2.75, 3.05) is 31.6 Å². The number of morpholine rings is 1. The molecule has 0 aromatic heterocycles. The van der Waals surface area contributed by atoms with Gasteiger partial charge in [0, 0.05) is 23.2 Å². The van der Waals surface area contributed by atoms with Crippen molar-refractivity contribution in [2.24, 2.45) is 0 Å². The van der Waals surface area contributed by atoms with E-state index in [1.54, 1.807) is 31.2 Å². The van der Waals surface area contributed by atoms with Crippen molar-refractivity contribution in [3.63, 3.8) is 0 Å². The Kier molecular flexibility index (Phi) is 6.71. The molecule has 3 rings (SSSR count). The number of benzene rings is 2. The first-order valence-corrected chi connectivity index (χ1v) is 11.0. The van der Waals surface area contributed by atoms with Gasteiger partial charge in [-0.1, -0.05) is 28.1 Å². The number of carbonyl (C=O) groups is 1. The molecular weight excluding hydrogens is 448 g/mol. The average Bonchev–Trinajstić information content (AvgIpc) is 2.69. The van der Waals surface area contributed by atoms with Gasteiger partial charge in [-0.2, -0.15) is 4.31 Å². The van der Waals surface area contributed by atoms with Crippen LogP contribution in [-0.2, 0) is 19.6 Å². The van der Waals surface area contributed by atoms with E-state index in [1.165, 1.54) is 16.4 Å². The predicted molar refractivity (Wildman–Crippen MR) is 109 cm³/mol. The van der Waals surface area contributed by atoms with Gasteiger partial charge in [0.05, 0.1) is 18.1 Å². The van der Waals surface area contributed by atoms with E-state index in [4.69, 9.17) is 9.47 Å². The van der Waals surface area contributed by atoms with Crippen molar-refractivity contribution in [2.45, 2.75) is 17.9 Å². The molecule has 1 atom stereocenters. The summed E-state index contributed by atoms with van der Waals surface area (Å²) in [4.78, 5) is 12.6. The van der Waals surface area contributed by atoms with Crippen molar-refractivity contribution in [1.82, 2.24) is 4.31 Å². The SMILES string of the molecule is C[C@H](Oc1cccc(Br)c1)C(=O)Nc1cccc(S(=O)(=O)N2CCOCC2)c1. The van der Waals surface area contributed by atoms with E-state index in [0.717, 1.165) is 4.47 Å². The minimum Gasteiger partial charge on any atom is -0.481 e. The summed E-state index contributed by atoms with van der Waals surface area (Å²) in [6.07, 6.45) is -0.756. The van der Waals surface area contributed by atoms with E-state index in [9.17, 15) is 13.2 Å². The zero-order valence-corrected chi connectivity index (χ0v) is 17.7. The van der Waals surface area contributed by atoms with E-state index in [2.05, 4.69) is 21.2 Å². The molecule has 7 nitrogen and oxygen atoms in total. The first-order chi connectivity index (χ1) is 13.4. The number of anilines is 1. The van der Waals surface area contributed by atoms with Gasteiger partial charge in [-0.05, 0) is 43.3 Å². The third-order valence-corrected chi connectivity index (χ3v) is 6.58. The number of rotatable bonds is 6. The first kappa shape index (κ1) is 20.8. The number of carbonyl (C=O) groups excluding carboxylic acids is 1. The zero-order chi connectivity index (χ0) is 20.1. The van der Waals surface area contributed by atoms with Crippen LogP contribution in [0.3, 0.4) is 0 Å². The number of halogens is 1. The molecular formula is C19H21BrN2O5S. The van der Waals surface area contributed by atoms with Crippen LogP contribution in [0.1, 0.15) is 6.92 Å². The smallest absolute Gasteiger partial charge is 0.265 e. The molecule has 0 spiro atoms. The van der Waals surface area contributed by atoms with Gasteiger partial charge in [-0.3, -0.25) is 4.79 Å². The molecule has 2 aromatic carbocycles. The van der Waals surface area contributed by atoms with Gasteiger partial charge in [0.1, 0.15) is 5.75 Å². The van der Waals surface area contributed by atoms with Crippen LogP contribution >= 0.6 is 15.9 Å². The molecule has 0 radical (unpaired) electrons. The Morgan fingerprint density at radius 1 is 1.18 bits per heavy atom. The topological polar surface area (TPSA) is 84.9 Å². The molecule has 0 unspecified atom stereocenters. The molecule has 150 valence electrons. The molecule has 1 aliphatic heterocycles. The molecule has 1 N–H and O–H groups in total. The Balaban J connectivity index is 1.69. The van der Waals surface area contributed by atoms with Crippen molar-refractivity contribution >= 4 is 37.5 Å². The van der Waals surface area contributed by atoms with E-state index in [-0.39, 0.29) is 10.8 Å². The fourth-order valence-corrected chi connectivity index (χ4v) is 4.54. The minimum atomic E-state index is -3.63. The molecule has 1 amide bonds. The van der Waals surface area contributed by atoms with E-state index < -0.39 is 16.1 Å². The Labute approximate surface area is 172 Å². The zero-order valence-electron chi connectivity index (χ0n) is 15.3. The third-order valence-electron chi connectivity index (χ3n) is 4.19. The molecule has 2 aromatic rings. The number of ether oxygens (including phenoxy) is 2. The summed E-state index contributed by atoms with van der Waals surface area (Å²) in [6.45, 7) is 3.01. The lowest BCUT2D eigenvalue weighted by Gasteiger charge is -2.26. The van der Waals surface area contributed by atoms with E-state index in [1.807, 2.05) is 12.1 Å². The lowest BCUT2D eigenvalue weighted by Crippen LogP contribution is -2.40. The van der Waals surface area contributed by atoms with Crippen molar-refractivity contribution in [3.05, 3.63) is 53.0 Å². The fraction of sp³-hybridized carbons (Fsp3) is 0.316. The van der Waals surface area contributed by atoms with Crippen LogP contribution in [0.15, 0.2) is 57.9 Å². The van der Waals surface area contributed by atoms with Gasteiger partial charge in [-0.25, -0.2) is 8.42 Å². The summed E-state index contributed by atoms with van der Waals surface area (Å²) in [5.74, 6) is 0.182. The van der Waals surface area contributed by atoms with Gasteiger partial charge in [0.2, 0.25) is 10.0 Å². The summed E-state index contributed by atoms with van der Waals surface area (Å²) < 4.78 is 38.6. The lowest BCUT2D eigenvalue weighted by atomic mass is 10.3. The van der Waals surface area contributed by atoms with Crippen molar-refractivity contribution < 1.29 is 22.7 Å². The van der Waals surface area contributed by atoms with Crippen LogP contribution in [0, 0.1) is 0 Å². The number of nitrogens with zero attached hydrogens (tertiary/aromatic N) is 1. The first-order valence-electron chi connectivity index (χ1n) is 8.77. The quantitative estimate of drug-likeness (QED) is 0.704. The number of amides is 1. The largest absolute Gasteiger partial charge is 0.481 e. The van der Waals surface area contributed by atoms with Crippen LogP contribution < -0.4 is 10.1 Å². The van der Waals surface area contributed by atoms with Gasteiger partial charge >= 0.3 is 0 Å². The molecule has 1 fully saturated rings. The van der Waals surface area contributed by atoms with Crippen molar-refractivity contribution in [1.29, 1.82) is 0 Å². The van der Waals surface area contributed by atoms with E-state index >= 15 is 0 Å². The summed E-state index contributed by atoms with van der Waals surface area (Å²) >= 11 is 3.35. The molecule has 28 heavy (non-hydrogen) atoms. The van der Waals surface area contributed by atoms with Crippen LogP contribution in [0.4, 0.5) is 5.69 Å². The third kappa shape index (κ3) is 5.11. The maximum absolute atomic E-state index is 12.8. The van der Waals surface area contributed by atoms with Crippen molar-refractivity contribution in [3.8, 4) is 5.75 Å². The monoisotopic (exact) mass is 468 g/mol. The number of hydrogen-bond acceptors (Lipinski definition) is 5. The molecule has 0 bridgehead atoms. The Morgan fingerprint density at radius 2 is 1.89 bits per heavy atom. The molecule has 1 saturated heterocycles. The second-order valence-corrected chi connectivity index (χ2v) is 9.10. The average molecular weight is 469 g/mol. The van der Waals surface area contributed by atoms with E-state index in [0.29, 0.717) is 37.7 Å². The lowest BCUT2D eigenvalue weighted by molar-refractivity contribution is -0.122.